The molecule has 2 rings (SSSR count). The predicted octanol–water partition coefficient (Wildman–Crippen LogP) is 2.37. The van der Waals surface area contributed by atoms with Gasteiger partial charge in [-0.15, -0.1) is 0 Å². The van der Waals surface area contributed by atoms with Gasteiger partial charge < -0.3 is 14.7 Å². The van der Waals surface area contributed by atoms with Crippen molar-refractivity contribution in [2.75, 3.05) is 26.8 Å². The topological polar surface area (TPSA) is 49.8 Å². The largest absolute Gasteiger partial charge is 0.388 e. The van der Waals surface area contributed by atoms with Crippen molar-refractivity contribution in [1.29, 1.82) is 0 Å². The average molecular weight is 342 g/mol. The third kappa shape index (κ3) is 3.59. The van der Waals surface area contributed by atoms with Gasteiger partial charge in [-0.2, -0.15) is 0 Å². The lowest BCUT2D eigenvalue weighted by molar-refractivity contribution is -0.0734. The van der Waals surface area contributed by atoms with E-state index in [9.17, 15) is 9.90 Å². The van der Waals surface area contributed by atoms with Crippen LogP contribution < -0.4 is 0 Å². The van der Waals surface area contributed by atoms with Crippen LogP contribution in [0.15, 0.2) is 22.7 Å². The zero-order chi connectivity index (χ0) is 14.8. The van der Waals surface area contributed by atoms with Crippen molar-refractivity contribution in [1.82, 2.24) is 4.90 Å². The Balaban J connectivity index is 2.08. The Kier molecular flexibility index (Phi) is 4.83. The number of likely N-dealkylation sites (N-methyl/N-ethyl adjacent to an activating group) is 1. The lowest BCUT2D eigenvalue weighted by Crippen LogP contribution is -2.47. The molecule has 110 valence electrons. The molecule has 0 radical (unpaired) electrons. The SMILES string of the molecule is Cc1ccc(C(=O)N(C)CC2(O)CCOCC2)c(Br)c1. The number of nitrogens with zero attached hydrogens (tertiary/aromatic N) is 1. The molecule has 0 spiro atoms. The maximum Gasteiger partial charge on any atom is 0.254 e. The van der Waals surface area contributed by atoms with E-state index in [1.165, 1.54) is 0 Å². The lowest BCUT2D eigenvalue weighted by Gasteiger charge is -2.35. The molecule has 4 nitrogen and oxygen atoms in total. The summed E-state index contributed by atoms with van der Waals surface area (Å²) in [6.45, 7) is 3.41. The first-order chi connectivity index (χ1) is 9.41. The predicted molar refractivity (Wildman–Crippen MR) is 80.8 cm³/mol. The molecular formula is C15H20BrNO3. The highest BCUT2D eigenvalue weighted by Gasteiger charge is 2.32. The fraction of sp³-hybridized carbons (Fsp3) is 0.533. The third-order valence-corrected chi connectivity index (χ3v) is 4.31. The quantitative estimate of drug-likeness (QED) is 0.918. The van der Waals surface area contributed by atoms with Crippen LogP contribution in [0.2, 0.25) is 0 Å². The number of hydrogen-bond acceptors (Lipinski definition) is 3. The van der Waals surface area contributed by atoms with Gasteiger partial charge in [0, 0.05) is 44.1 Å². The number of rotatable bonds is 3. The van der Waals surface area contributed by atoms with Gasteiger partial charge in [0.2, 0.25) is 0 Å². The Bertz CT molecular complexity index is 498. The first-order valence-electron chi connectivity index (χ1n) is 6.73. The summed E-state index contributed by atoms with van der Waals surface area (Å²) in [4.78, 5) is 14.0. The summed E-state index contributed by atoms with van der Waals surface area (Å²) in [5, 5.41) is 10.5. The number of ether oxygens (including phenoxy) is 1. The Morgan fingerprint density at radius 3 is 2.70 bits per heavy atom. The number of carbonyl (C=O) groups is 1. The van der Waals surface area contributed by atoms with E-state index in [0.717, 1.165) is 10.0 Å². The van der Waals surface area contributed by atoms with Crippen LogP contribution in [0.3, 0.4) is 0 Å². The molecule has 1 N–H and O–H groups in total. The fourth-order valence-electron chi connectivity index (χ4n) is 2.42. The van der Waals surface area contributed by atoms with Crippen LogP contribution in [0.25, 0.3) is 0 Å². The van der Waals surface area contributed by atoms with E-state index in [1.807, 2.05) is 25.1 Å². The number of aliphatic hydroxyl groups is 1. The standard InChI is InChI=1S/C15H20BrNO3/c1-11-3-4-12(13(16)9-11)14(18)17(2)10-15(19)5-7-20-8-6-15/h3-4,9,19H,5-8,10H2,1-2H3. The molecule has 1 fully saturated rings. The molecule has 1 heterocycles. The van der Waals surface area contributed by atoms with Gasteiger partial charge in [-0.25, -0.2) is 0 Å². The van der Waals surface area contributed by atoms with Crippen molar-refractivity contribution in [3.05, 3.63) is 33.8 Å². The first-order valence-corrected chi connectivity index (χ1v) is 7.52. The van der Waals surface area contributed by atoms with Crippen LogP contribution in [0.4, 0.5) is 0 Å². The Labute approximate surface area is 127 Å². The highest BCUT2D eigenvalue weighted by atomic mass is 79.9. The molecule has 0 atom stereocenters. The smallest absolute Gasteiger partial charge is 0.254 e. The van der Waals surface area contributed by atoms with Crippen molar-refractivity contribution in [2.24, 2.45) is 0 Å². The summed E-state index contributed by atoms with van der Waals surface area (Å²) in [7, 11) is 1.72. The van der Waals surface area contributed by atoms with E-state index in [2.05, 4.69) is 15.9 Å². The summed E-state index contributed by atoms with van der Waals surface area (Å²) in [6, 6.07) is 5.64. The molecule has 0 bridgehead atoms. The van der Waals surface area contributed by atoms with Gasteiger partial charge in [-0.05, 0) is 40.5 Å². The maximum atomic E-state index is 12.4. The fourth-order valence-corrected chi connectivity index (χ4v) is 3.08. The van der Waals surface area contributed by atoms with Gasteiger partial charge >= 0.3 is 0 Å². The molecule has 0 saturated carbocycles. The second-order valence-corrected chi connectivity index (χ2v) is 6.34. The van der Waals surface area contributed by atoms with Gasteiger partial charge in [-0.1, -0.05) is 6.07 Å². The Hall–Kier alpha value is -0.910. The van der Waals surface area contributed by atoms with Gasteiger partial charge in [0.25, 0.3) is 5.91 Å². The van der Waals surface area contributed by atoms with Crippen LogP contribution in [0, 0.1) is 6.92 Å². The summed E-state index contributed by atoms with van der Waals surface area (Å²) in [5.41, 5.74) is 0.882. The van der Waals surface area contributed by atoms with E-state index in [4.69, 9.17) is 4.74 Å². The molecule has 0 unspecified atom stereocenters. The minimum Gasteiger partial charge on any atom is -0.388 e. The van der Waals surface area contributed by atoms with Crippen molar-refractivity contribution < 1.29 is 14.6 Å². The number of carbonyl (C=O) groups excluding carboxylic acids is 1. The molecule has 5 heteroatoms. The van der Waals surface area contributed by atoms with E-state index < -0.39 is 5.60 Å². The number of aryl methyl sites for hydroxylation is 1. The second-order valence-electron chi connectivity index (χ2n) is 5.48. The second kappa shape index (κ2) is 6.24. The van der Waals surface area contributed by atoms with Crippen LogP contribution in [-0.4, -0.2) is 48.3 Å². The van der Waals surface area contributed by atoms with E-state index in [-0.39, 0.29) is 5.91 Å². The molecule has 0 aliphatic carbocycles. The normalized spacial score (nSPS) is 17.8. The molecule has 20 heavy (non-hydrogen) atoms. The Morgan fingerprint density at radius 1 is 1.45 bits per heavy atom. The molecule has 0 aromatic heterocycles. The minimum atomic E-state index is -0.833. The van der Waals surface area contributed by atoms with Crippen LogP contribution in [0.5, 0.6) is 0 Å². The maximum absolute atomic E-state index is 12.4. The molecule has 1 aromatic carbocycles. The molecular weight excluding hydrogens is 322 g/mol. The summed E-state index contributed by atoms with van der Waals surface area (Å²) < 4.78 is 6.04. The highest BCUT2D eigenvalue weighted by Crippen LogP contribution is 2.24. The third-order valence-electron chi connectivity index (χ3n) is 3.66. The van der Waals surface area contributed by atoms with Crippen LogP contribution >= 0.6 is 15.9 Å². The number of halogens is 1. The summed E-state index contributed by atoms with van der Waals surface area (Å²) in [6.07, 6.45) is 1.14. The molecule has 1 amide bonds. The average Bonchev–Trinajstić information content (AvgIpc) is 2.38. The van der Waals surface area contributed by atoms with Crippen molar-refractivity contribution in [3.8, 4) is 0 Å². The van der Waals surface area contributed by atoms with Crippen molar-refractivity contribution in [2.45, 2.75) is 25.4 Å². The lowest BCUT2D eigenvalue weighted by atomic mass is 9.93. The van der Waals surface area contributed by atoms with E-state index in [0.29, 0.717) is 38.2 Å². The zero-order valence-electron chi connectivity index (χ0n) is 11.9. The molecule has 1 aromatic rings. The summed E-state index contributed by atoms with van der Waals surface area (Å²) >= 11 is 3.42. The minimum absolute atomic E-state index is 0.0863. The van der Waals surface area contributed by atoms with Gasteiger partial charge in [0.1, 0.15) is 0 Å². The van der Waals surface area contributed by atoms with Crippen molar-refractivity contribution >= 4 is 21.8 Å². The van der Waals surface area contributed by atoms with Gasteiger partial charge in [-0.3, -0.25) is 4.79 Å². The first kappa shape index (κ1) is 15.5. The van der Waals surface area contributed by atoms with E-state index in [1.54, 1.807) is 11.9 Å². The van der Waals surface area contributed by atoms with Gasteiger partial charge in [0.15, 0.2) is 0 Å². The van der Waals surface area contributed by atoms with Crippen LogP contribution in [-0.2, 0) is 4.74 Å². The highest BCUT2D eigenvalue weighted by molar-refractivity contribution is 9.10. The molecule has 1 aliphatic rings. The van der Waals surface area contributed by atoms with Crippen molar-refractivity contribution in [3.63, 3.8) is 0 Å². The van der Waals surface area contributed by atoms with E-state index >= 15 is 0 Å². The van der Waals surface area contributed by atoms with Crippen LogP contribution in [0.1, 0.15) is 28.8 Å². The number of benzene rings is 1. The number of amides is 1. The summed E-state index contributed by atoms with van der Waals surface area (Å²) in [5.74, 6) is -0.0863. The monoisotopic (exact) mass is 341 g/mol. The van der Waals surface area contributed by atoms with Gasteiger partial charge in [0.05, 0.1) is 11.2 Å². The molecule has 1 saturated heterocycles. The molecule has 1 aliphatic heterocycles. The Morgan fingerprint density at radius 2 is 2.10 bits per heavy atom. The zero-order valence-corrected chi connectivity index (χ0v) is 13.4. The number of hydrogen-bond donors (Lipinski definition) is 1.